The van der Waals surface area contributed by atoms with E-state index in [0.717, 1.165) is 13.1 Å². The Kier molecular flexibility index (Phi) is 1.22. The predicted molar refractivity (Wildman–Crippen MR) is 32.1 cm³/mol. The van der Waals surface area contributed by atoms with Crippen LogP contribution in [0.5, 0.6) is 0 Å². The Hall–Kier alpha value is -0.120. The molecule has 0 amide bonds. The lowest BCUT2D eigenvalue weighted by atomic mass is 10.0. The van der Waals surface area contributed by atoms with Crippen molar-refractivity contribution in [2.24, 2.45) is 5.92 Å². The summed E-state index contributed by atoms with van der Waals surface area (Å²) in [4.78, 5) is 0. The normalized spacial score (nSPS) is 49.7. The Morgan fingerprint density at radius 3 is 3.11 bits per heavy atom. The molecule has 0 bridgehead atoms. The maximum absolute atomic E-state index is 9.23. The molecule has 2 aliphatic rings. The number of fused-ring (bicyclic) bond motifs is 1. The lowest BCUT2D eigenvalue weighted by Crippen LogP contribution is -2.22. The molecule has 0 spiro atoms. The molecule has 2 fully saturated rings. The first-order chi connectivity index (χ1) is 4.38. The van der Waals surface area contributed by atoms with Gasteiger partial charge in [0, 0.05) is 19.0 Å². The van der Waals surface area contributed by atoms with E-state index in [9.17, 15) is 5.11 Å². The summed E-state index contributed by atoms with van der Waals surface area (Å²) in [7, 11) is 0. The highest BCUT2D eigenvalue weighted by atomic mass is 16.5. The molecular formula is C6H11NO2. The van der Waals surface area contributed by atoms with Crippen molar-refractivity contribution >= 4 is 0 Å². The van der Waals surface area contributed by atoms with Gasteiger partial charge >= 0.3 is 0 Å². The van der Waals surface area contributed by atoms with Crippen LogP contribution >= 0.6 is 0 Å². The largest absolute Gasteiger partial charge is 0.390 e. The van der Waals surface area contributed by atoms with Crippen LogP contribution in [0.3, 0.4) is 0 Å². The standard InChI is InChI=1S/C6H11NO2/c8-5-3-9-6-2-7-1-4(5)6/h4-8H,1-3H2/t4-,5?,6-/m1/s1. The number of aliphatic hydroxyl groups excluding tert-OH is 1. The maximum Gasteiger partial charge on any atom is 0.0839 e. The first-order valence-electron chi connectivity index (χ1n) is 3.38. The fourth-order valence-corrected chi connectivity index (χ4v) is 1.59. The molecule has 3 heteroatoms. The zero-order chi connectivity index (χ0) is 6.27. The van der Waals surface area contributed by atoms with E-state index in [0.29, 0.717) is 18.6 Å². The van der Waals surface area contributed by atoms with Gasteiger partial charge in [-0.2, -0.15) is 0 Å². The van der Waals surface area contributed by atoms with Gasteiger partial charge in [-0.05, 0) is 0 Å². The van der Waals surface area contributed by atoms with E-state index in [-0.39, 0.29) is 6.10 Å². The van der Waals surface area contributed by atoms with Gasteiger partial charge in [0.1, 0.15) is 0 Å². The van der Waals surface area contributed by atoms with Crippen molar-refractivity contribution in [1.82, 2.24) is 5.32 Å². The number of ether oxygens (including phenoxy) is 1. The van der Waals surface area contributed by atoms with E-state index in [1.165, 1.54) is 0 Å². The van der Waals surface area contributed by atoms with Crippen LogP contribution in [0.2, 0.25) is 0 Å². The van der Waals surface area contributed by atoms with E-state index in [1.54, 1.807) is 0 Å². The third-order valence-electron chi connectivity index (χ3n) is 2.18. The minimum absolute atomic E-state index is 0.218. The van der Waals surface area contributed by atoms with E-state index < -0.39 is 0 Å². The lowest BCUT2D eigenvalue weighted by Gasteiger charge is -2.06. The number of hydrogen-bond acceptors (Lipinski definition) is 3. The van der Waals surface area contributed by atoms with E-state index in [4.69, 9.17) is 4.74 Å². The van der Waals surface area contributed by atoms with Crippen molar-refractivity contribution in [3.05, 3.63) is 0 Å². The highest BCUT2D eigenvalue weighted by molar-refractivity contribution is 4.91. The van der Waals surface area contributed by atoms with Gasteiger partial charge < -0.3 is 15.2 Å². The fourth-order valence-electron chi connectivity index (χ4n) is 1.59. The van der Waals surface area contributed by atoms with Gasteiger partial charge in [0.25, 0.3) is 0 Å². The Morgan fingerprint density at radius 1 is 1.44 bits per heavy atom. The Labute approximate surface area is 54.0 Å². The van der Waals surface area contributed by atoms with Gasteiger partial charge in [-0.1, -0.05) is 0 Å². The summed E-state index contributed by atoms with van der Waals surface area (Å²) in [6, 6.07) is 0. The van der Waals surface area contributed by atoms with Crippen LogP contribution in [0.4, 0.5) is 0 Å². The van der Waals surface area contributed by atoms with Crippen LogP contribution in [-0.4, -0.2) is 37.0 Å². The summed E-state index contributed by atoms with van der Waals surface area (Å²) in [5.74, 6) is 0.366. The van der Waals surface area contributed by atoms with Gasteiger partial charge in [-0.3, -0.25) is 0 Å². The molecule has 0 aromatic rings. The summed E-state index contributed by atoms with van der Waals surface area (Å²) < 4.78 is 5.28. The molecular weight excluding hydrogens is 118 g/mol. The molecule has 1 unspecified atom stereocenters. The SMILES string of the molecule is OC1CO[C@@H]2CNC[C@H]12. The predicted octanol–water partition coefficient (Wildman–Crippen LogP) is -1.03. The van der Waals surface area contributed by atoms with Gasteiger partial charge in [0.05, 0.1) is 18.8 Å². The highest BCUT2D eigenvalue weighted by Crippen LogP contribution is 2.23. The summed E-state index contributed by atoms with van der Waals surface area (Å²) in [5.41, 5.74) is 0. The molecule has 2 aliphatic heterocycles. The van der Waals surface area contributed by atoms with Crippen molar-refractivity contribution in [3.8, 4) is 0 Å². The second-order valence-corrected chi connectivity index (χ2v) is 2.76. The van der Waals surface area contributed by atoms with Crippen LogP contribution in [-0.2, 0) is 4.74 Å². The minimum Gasteiger partial charge on any atom is -0.390 e. The van der Waals surface area contributed by atoms with E-state index in [1.807, 2.05) is 0 Å². The summed E-state index contributed by atoms with van der Waals surface area (Å²) in [6.45, 7) is 2.38. The first kappa shape index (κ1) is 5.65. The van der Waals surface area contributed by atoms with Gasteiger partial charge in [-0.15, -0.1) is 0 Å². The van der Waals surface area contributed by atoms with Crippen molar-refractivity contribution < 1.29 is 9.84 Å². The van der Waals surface area contributed by atoms with Gasteiger partial charge in [0.15, 0.2) is 0 Å². The molecule has 2 saturated heterocycles. The van der Waals surface area contributed by atoms with Gasteiger partial charge in [-0.25, -0.2) is 0 Å². The van der Waals surface area contributed by atoms with Crippen LogP contribution in [0, 0.1) is 5.92 Å². The third kappa shape index (κ3) is 0.764. The Balaban J connectivity index is 2.07. The topological polar surface area (TPSA) is 41.5 Å². The summed E-state index contributed by atoms with van der Waals surface area (Å²) >= 11 is 0. The van der Waals surface area contributed by atoms with Crippen LogP contribution in [0.25, 0.3) is 0 Å². The van der Waals surface area contributed by atoms with Crippen LogP contribution < -0.4 is 5.32 Å². The smallest absolute Gasteiger partial charge is 0.0839 e. The average molecular weight is 129 g/mol. The molecule has 3 nitrogen and oxygen atoms in total. The molecule has 52 valence electrons. The molecule has 0 radical (unpaired) electrons. The Bertz CT molecular complexity index is 118. The van der Waals surface area contributed by atoms with Crippen molar-refractivity contribution in [2.45, 2.75) is 12.2 Å². The van der Waals surface area contributed by atoms with E-state index in [2.05, 4.69) is 5.32 Å². The number of hydrogen-bond donors (Lipinski definition) is 2. The molecule has 9 heavy (non-hydrogen) atoms. The summed E-state index contributed by atoms with van der Waals surface area (Å²) in [6.07, 6.45) is 0.0741. The molecule has 2 rings (SSSR count). The zero-order valence-corrected chi connectivity index (χ0v) is 5.21. The zero-order valence-electron chi connectivity index (χ0n) is 5.21. The number of nitrogens with one attached hydrogen (secondary N) is 1. The highest BCUT2D eigenvalue weighted by Gasteiger charge is 2.39. The molecule has 0 aromatic carbocycles. The lowest BCUT2D eigenvalue weighted by molar-refractivity contribution is 0.0906. The minimum atomic E-state index is -0.218. The fraction of sp³-hybridized carbons (Fsp3) is 1.00. The Morgan fingerprint density at radius 2 is 2.33 bits per heavy atom. The van der Waals surface area contributed by atoms with Crippen molar-refractivity contribution in [1.29, 1.82) is 0 Å². The van der Waals surface area contributed by atoms with Crippen LogP contribution in [0.15, 0.2) is 0 Å². The van der Waals surface area contributed by atoms with Crippen molar-refractivity contribution in [3.63, 3.8) is 0 Å². The second kappa shape index (κ2) is 1.94. The van der Waals surface area contributed by atoms with E-state index >= 15 is 0 Å². The average Bonchev–Trinajstić information content (AvgIpc) is 2.35. The quantitative estimate of drug-likeness (QED) is 0.439. The molecule has 3 atom stereocenters. The first-order valence-corrected chi connectivity index (χ1v) is 3.38. The van der Waals surface area contributed by atoms with Crippen molar-refractivity contribution in [2.75, 3.05) is 19.7 Å². The molecule has 0 aromatic heterocycles. The molecule has 0 aliphatic carbocycles. The van der Waals surface area contributed by atoms with Gasteiger partial charge in [0.2, 0.25) is 0 Å². The van der Waals surface area contributed by atoms with Crippen LogP contribution in [0.1, 0.15) is 0 Å². The molecule has 2 N–H and O–H groups in total. The molecule has 0 saturated carbocycles. The third-order valence-corrected chi connectivity index (χ3v) is 2.18. The maximum atomic E-state index is 9.23. The number of aliphatic hydroxyl groups is 1. The second-order valence-electron chi connectivity index (χ2n) is 2.76. The number of rotatable bonds is 0. The summed E-state index contributed by atoms with van der Waals surface area (Å²) in [5, 5.41) is 12.4. The molecule has 2 heterocycles. The monoisotopic (exact) mass is 129 g/mol.